The number of aromatic nitrogens is 2. The molecule has 1 aliphatic rings. The number of aromatic carboxylic acids is 1. The van der Waals surface area contributed by atoms with Crippen molar-refractivity contribution >= 4 is 16.9 Å². The summed E-state index contributed by atoms with van der Waals surface area (Å²) >= 11 is 0. The van der Waals surface area contributed by atoms with Crippen molar-refractivity contribution in [1.82, 2.24) is 14.9 Å². The third kappa shape index (κ3) is 3.31. The number of fused-ring (bicyclic) bond motifs is 1. The first kappa shape index (κ1) is 19.3. The summed E-state index contributed by atoms with van der Waals surface area (Å²) in [6.07, 6.45) is 4.15. The maximum absolute atomic E-state index is 12.2. The van der Waals surface area contributed by atoms with Gasteiger partial charge < -0.3 is 25.1 Å². The van der Waals surface area contributed by atoms with E-state index in [-0.39, 0.29) is 0 Å². The number of carboxylic acids is 1. The van der Waals surface area contributed by atoms with Gasteiger partial charge in [0, 0.05) is 41.8 Å². The fourth-order valence-electron chi connectivity index (χ4n) is 4.01. The van der Waals surface area contributed by atoms with Crippen molar-refractivity contribution in [3.8, 4) is 17.0 Å². The molecule has 0 radical (unpaired) electrons. The van der Waals surface area contributed by atoms with Crippen LogP contribution in [0, 0.1) is 0 Å². The van der Waals surface area contributed by atoms with Crippen molar-refractivity contribution in [1.29, 1.82) is 0 Å². The number of carbonyl (C=O) groups is 1. The number of aromatic hydroxyl groups is 1. The molecule has 0 spiro atoms. The number of H-pyrrole nitrogens is 1. The molecule has 0 unspecified atom stereocenters. The molecular formula is C22H25N3O4. The molecular weight excluding hydrogens is 370 g/mol. The zero-order chi connectivity index (χ0) is 20.7. The molecule has 1 aliphatic carbocycles. The quantitative estimate of drug-likeness (QED) is 0.513. The highest BCUT2D eigenvalue weighted by molar-refractivity contribution is 5.92. The summed E-state index contributed by atoms with van der Waals surface area (Å²) in [6, 6.07) is 8.57. The highest BCUT2D eigenvalue weighted by atomic mass is 16.4. The number of aromatic amines is 1. The molecule has 1 saturated carbocycles. The third-order valence-electron chi connectivity index (χ3n) is 5.96. The van der Waals surface area contributed by atoms with Crippen LogP contribution in [-0.2, 0) is 20.0 Å². The van der Waals surface area contributed by atoms with Gasteiger partial charge in [0.25, 0.3) is 5.56 Å². The van der Waals surface area contributed by atoms with E-state index in [0.717, 1.165) is 23.0 Å². The van der Waals surface area contributed by atoms with Gasteiger partial charge in [0.05, 0.1) is 5.69 Å². The van der Waals surface area contributed by atoms with Gasteiger partial charge in [-0.2, -0.15) is 0 Å². The van der Waals surface area contributed by atoms with Crippen molar-refractivity contribution in [2.75, 3.05) is 0 Å². The van der Waals surface area contributed by atoms with Crippen LogP contribution >= 0.6 is 0 Å². The third-order valence-corrected chi connectivity index (χ3v) is 5.96. The van der Waals surface area contributed by atoms with Gasteiger partial charge >= 0.3 is 5.97 Å². The second-order valence-corrected chi connectivity index (χ2v) is 7.67. The Morgan fingerprint density at radius 1 is 1.31 bits per heavy atom. The molecule has 0 aliphatic heterocycles. The highest BCUT2D eigenvalue weighted by Gasteiger charge is 2.22. The summed E-state index contributed by atoms with van der Waals surface area (Å²) in [4.78, 5) is 26.2. The van der Waals surface area contributed by atoms with Gasteiger partial charge in [-0.3, -0.25) is 4.79 Å². The predicted octanol–water partition coefficient (Wildman–Crippen LogP) is 3.14. The summed E-state index contributed by atoms with van der Waals surface area (Å²) in [5, 5.41) is 24.2. The van der Waals surface area contributed by atoms with Gasteiger partial charge in [0.2, 0.25) is 0 Å². The topological polar surface area (TPSA) is 107 Å². The van der Waals surface area contributed by atoms with Crippen LogP contribution in [0.3, 0.4) is 0 Å². The van der Waals surface area contributed by atoms with E-state index in [1.807, 2.05) is 32.2 Å². The van der Waals surface area contributed by atoms with E-state index < -0.39 is 22.8 Å². The van der Waals surface area contributed by atoms with E-state index in [0.29, 0.717) is 23.7 Å². The van der Waals surface area contributed by atoms with Crippen LogP contribution < -0.4 is 10.9 Å². The number of hydrogen-bond acceptors (Lipinski definition) is 4. The summed E-state index contributed by atoms with van der Waals surface area (Å²) in [5.41, 5.74) is 2.45. The lowest BCUT2D eigenvalue weighted by molar-refractivity contribution is 0.0691. The van der Waals surface area contributed by atoms with Crippen LogP contribution in [0.2, 0.25) is 0 Å². The Morgan fingerprint density at radius 3 is 2.69 bits per heavy atom. The Morgan fingerprint density at radius 2 is 2.07 bits per heavy atom. The van der Waals surface area contributed by atoms with Gasteiger partial charge in [-0.05, 0) is 43.0 Å². The fourth-order valence-corrected chi connectivity index (χ4v) is 4.01. The monoisotopic (exact) mass is 395 g/mol. The maximum Gasteiger partial charge on any atom is 0.345 e. The molecule has 0 bridgehead atoms. The lowest BCUT2D eigenvalue weighted by atomic mass is 9.93. The van der Waals surface area contributed by atoms with Gasteiger partial charge in [0.15, 0.2) is 5.56 Å². The van der Waals surface area contributed by atoms with Gasteiger partial charge in [0.1, 0.15) is 5.75 Å². The normalized spacial score (nSPS) is 14.3. The first-order chi connectivity index (χ1) is 13.9. The largest absolute Gasteiger partial charge is 0.506 e. The SMILES string of the molecule is CCc1c(-c2ccc3c(c2)cc(CNC2CCC2)n3C)[nH]c(=O)c(C(=O)O)c1O. The molecule has 0 amide bonds. The van der Waals surface area contributed by atoms with Gasteiger partial charge in [-0.15, -0.1) is 0 Å². The number of nitrogens with zero attached hydrogens (tertiary/aromatic N) is 1. The van der Waals surface area contributed by atoms with Crippen molar-refractivity contribution in [2.45, 2.75) is 45.2 Å². The Balaban J connectivity index is 1.76. The van der Waals surface area contributed by atoms with Crippen LogP contribution in [0.15, 0.2) is 29.1 Å². The Hall–Kier alpha value is -3.06. The number of carboxylic acid groups (broad SMARTS) is 1. The fraction of sp³-hybridized carbons (Fsp3) is 0.364. The molecule has 0 atom stereocenters. The van der Waals surface area contributed by atoms with Crippen LogP contribution in [0.25, 0.3) is 22.2 Å². The van der Waals surface area contributed by atoms with Crippen LogP contribution in [0.1, 0.15) is 47.8 Å². The molecule has 1 fully saturated rings. The lowest BCUT2D eigenvalue weighted by Gasteiger charge is -2.26. The van der Waals surface area contributed by atoms with Gasteiger partial charge in [-0.1, -0.05) is 19.4 Å². The Labute approximate surface area is 168 Å². The molecule has 1 aromatic carbocycles. The molecule has 7 nitrogen and oxygen atoms in total. The minimum atomic E-state index is -1.44. The number of hydrogen-bond donors (Lipinski definition) is 4. The molecule has 0 saturated heterocycles. The molecule has 152 valence electrons. The van der Waals surface area contributed by atoms with E-state index in [1.54, 1.807) is 0 Å². The minimum absolute atomic E-state index is 0.390. The van der Waals surface area contributed by atoms with E-state index in [4.69, 9.17) is 0 Å². The van der Waals surface area contributed by atoms with E-state index >= 15 is 0 Å². The minimum Gasteiger partial charge on any atom is -0.506 e. The molecule has 3 aromatic rings. The number of benzene rings is 1. The molecule has 29 heavy (non-hydrogen) atoms. The van der Waals surface area contributed by atoms with Crippen molar-refractivity contribution in [3.05, 3.63) is 51.4 Å². The summed E-state index contributed by atoms with van der Waals surface area (Å²) in [5.74, 6) is -1.90. The number of pyridine rings is 1. The zero-order valence-corrected chi connectivity index (χ0v) is 16.6. The molecule has 7 heteroatoms. The molecule has 4 N–H and O–H groups in total. The molecule has 4 rings (SSSR count). The van der Waals surface area contributed by atoms with E-state index in [2.05, 4.69) is 20.9 Å². The van der Waals surface area contributed by atoms with E-state index in [9.17, 15) is 19.8 Å². The number of rotatable bonds is 6. The van der Waals surface area contributed by atoms with Crippen LogP contribution in [0.5, 0.6) is 5.75 Å². The number of aryl methyl sites for hydroxylation is 1. The first-order valence-electron chi connectivity index (χ1n) is 9.94. The summed E-state index contributed by atoms with van der Waals surface area (Å²) < 4.78 is 2.15. The van der Waals surface area contributed by atoms with Crippen LogP contribution in [0.4, 0.5) is 0 Å². The summed E-state index contributed by atoms with van der Waals surface area (Å²) in [7, 11) is 2.03. The highest BCUT2D eigenvalue weighted by Crippen LogP contribution is 2.32. The molecule has 2 aromatic heterocycles. The van der Waals surface area contributed by atoms with Crippen LogP contribution in [-0.4, -0.2) is 31.8 Å². The second kappa shape index (κ2) is 7.40. The Kier molecular flexibility index (Phi) is 4.92. The van der Waals surface area contributed by atoms with Gasteiger partial charge in [-0.25, -0.2) is 4.79 Å². The zero-order valence-electron chi connectivity index (χ0n) is 16.6. The number of nitrogens with one attached hydrogen (secondary N) is 2. The molecule has 2 heterocycles. The smallest absolute Gasteiger partial charge is 0.345 e. The Bertz CT molecular complexity index is 1160. The first-order valence-corrected chi connectivity index (χ1v) is 9.94. The lowest BCUT2D eigenvalue weighted by Crippen LogP contribution is -2.34. The average Bonchev–Trinajstić information content (AvgIpc) is 2.95. The standard InChI is InChI=1S/C22H25N3O4/c1-3-16-19(24-21(27)18(20(16)26)22(28)29)12-7-8-17-13(9-12)10-15(25(17)2)11-23-14-5-4-6-14/h7-10,14,23H,3-6,11H2,1-2H3,(H,28,29)(H2,24,26,27). The van der Waals surface area contributed by atoms with Crippen molar-refractivity contribution < 1.29 is 15.0 Å². The second-order valence-electron chi connectivity index (χ2n) is 7.67. The summed E-state index contributed by atoms with van der Waals surface area (Å²) in [6.45, 7) is 2.62. The average molecular weight is 395 g/mol. The maximum atomic E-state index is 12.2. The van der Waals surface area contributed by atoms with Crippen molar-refractivity contribution in [3.63, 3.8) is 0 Å². The predicted molar refractivity (Wildman–Crippen MR) is 111 cm³/mol. The van der Waals surface area contributed by atoms with E-state index in [1.165, 1.54) is 25.0 Å². The van der Waals surface area contributed by atoms with Crippen molar-refractivity contribution in [2.24, 2.45) is 7.05 Å².